The van der Waals surface area contributed by atoms with Crippen LogP contribution in [0.25, 0.3) is 6.08 Å². The summed E-state index contributed by atoms with van der Waals surface area (Å²) in [5.41, 5.74) is 3.53. The summed E-state index contributed by atoms with van der Waals surface area (Å²) in [6.07, 6.45) is 3.08. The van der Waals surface area contributed by atoms with Crippen molar-refractivity contribution < 1.29 is 18.7 Å². The number of carbonyl (C=O) groups excluding carboxylic acids is 2. The van der Waals surface area contributed by atoms with Crippen LogP contribution in [0.4, 0.5) is 9.18 Å². The number of halogens is 3. The van der Waals surface area contributed by atoms with Crippen LogP contribution >= 0.6 is 36.6 Å². The van der Waals surface area contributed by atoms with Crippen LogP contribution in [0.15, 0.2) is 28.1 Å². The second-order valence-corrected chi connectivity index (χ2v) is 8.58. The summed E-state index contributed by atoms with van der Waals surface area (Å²) in [6.45, 7) is 8.78. The van der Waals surface area contributed by atoms with Crippen LogP contribution in [0.3, 0.4) is 0 Å². The Hall–Kier alpha value is -1.85. The summed E-state index contributed by atoms with van der Waals surface area (Å²) in [5, 5.41) is 2.44. The summed E-state index contributed by atoms with van der Waals surface area (Å²) >= 11 is 1.22. The highest BCUT2D eigenvalue weighted by Gasteiger charge is 2.27. The molecule has 2 aliphatic heterocycles. The molecule has 0 unspecified atom stereocenters. The quantitative estimate of drug-likeness (QED) is 0.528. The minimum Gasteiger partial charge on any atom is -0.410 e. The van der Waals surface area contributed by atoms with Crippen LogP contribution in [-0.2, 0) is 4.79 Å². The molecule has 8 nitrogen and oxygen atoms in total. The molecular formula is C22H32Cl2FN5O3S. The molecule has 0 radical (unpaired) electrons. The first-order valence-corrected chi connectivity index (χ1v) is 11.7. The number of amides is 2. The van der Waals surface area contributed by atoms with Gasteiger partial charge >= 0.3 is 6.09 Å². The summed E-state index contributed by atoms with van der Waals surface area (Å²) in [5.74, 6) is -0.687. The molecule has 1 aromatic rings. The van der Waals surface area contributed by atoms with Gasteiger partial charge in [0.2, 0.25) is 0 Å². The number of carbonyl (C=O) groups is 2. The van der Waals surface area contributed by atoms with Gasteiger partial charge in [-0.3, -0.25) is 9.80 Å². The molecule has 2 aliphatic rings. The van der Waals surface area contributed by atoms with Crippen molar-refractivity contribution in [2.45, 2.75) is 26.7 Å². The zero-order valence-corrected chi connectivity index (χ0v) is 22.0. The lowest BCUT2D eigenvalue weighted by Crippen LogP contribution is -2.45. The number of benzene rings is 1. The van der Waals surface area contributed by atoms with E-state index in [1.807, 2.05) is 5.01 Å². The Morgan fingerprint density at radius 3 is 2.65 bits per heavy atom. The van der Waals surface area contributed by atoms with Gasteiger partial charge in [0.15, 0.2) is 5.17 Å². The molecule has 0 bridgehead atoms. The molecule has 190 valence electrons. The van der Waals surface area contributed by atoms with Crippen LogP contribution in [0.5, 0.6) is 5.75 Å². The molecule has 0 spiro atoms. The SMILES string of the molecule is CCN(CC)CCN(C)C(=O)Oc1ccc(F)cc1/C=C1/SC(N2CCCCN2)=NC1=O.Cl.Cl. The highest BCUT2D eigenvalue weighted by molar-refractivity contribution is 8.18. The van der Waals surface area contributed by atoms with E-state index in [4.69, 9.17) is 4.74 Å². The van der Waals surface area contributed by atoms with E-state index in [9.17, 15) is 14.0 Å². The van der Waals surface area contributed by atoms with Gasteiger partial charge in [0.25, 0.3) is 5.91 Å². The molecule has 2 amide bonds. The van der Waals surface area contributed by atoms with Crippen molar-refractivity contribution in [2.24, 2.45) is 4.99 Å². The standard InChI is InChI=1S/C22H30FN5O3S.2ClH/c1-4-27(5-2)13-12-26(3)22(30)31-18-9-8-17(23)14-16(18)15-19-20(29)25-21(32-19)28-11-7-6-10-24-28;;/h8-9,14-15,24H,4-7,10-13H2,1-3H3;2*1H/b19-15+;;. The van der Waals surface area contributed by atoms with Gasteiger partial charge in [0.1, 0.15) is 11.6 Å². The number of hydrazine groups is 1. The summed E-state index contributed by atoms with van der Waals surface area (Å²) in [7, 11) is 1.66. The Balaban J connectivity index is 0.00000289. The van der Waals surface area contributed by atoms with Crippen LogP contribution in [0, 0.1) is 5.82 Å². The molecule has 1 N–H and O–H groups in total. The van der Waals surface area contributed by atoms with Crippen molar-refractivity contribution in [1.29, 1.82) is 0 Å². The number of likely N-dealkylation sites (N-methyl/N-ethyl adjacent to an activating group) is 2. The highest BCUT2D eigenvalue weighted by atomic mass is 35.5. The first kappa shape index (κ1) is 30.2. The normalized spacial score (nSPS) is 16.7. The molecule has 0 aromatic heterocycles. The monoisotopic (exact) mass is 535 g/mol. The van der Waals surface area contributed by atoms with E-state index in [2.05, 4.69) is 29.2 Å². The van der Waals surface area contributed by atoms with Crippen molar-refractivity contribution >= 4 is 59.8 Å². The highest BCUT2D eigenvalue weighted by Crippen LogP contribution is 2.33. The topological polar surface area (TPSA) is 77.5 Å². The zero-order chi connectivity index (χ0) is 23.1. The Bertz CT molecular complexity index is 909. The lowest BCUT2D eigenvalue weighted by atomic mass is 10.2. The van der Waals surface area contributed by atoms with Crippen molar-refractivity contribution in [1.82, 2.24) is 20.2 Å². The smallest absolute Gasteiger partial charge is 0.410 e. The number of aliphatic imine (C=N–C) groups is 1. The fraction of sp³-hybridized carbons (Fsp3) is 0.500. The van der Waals surface area contributed by atoms with Crippen LogP contribution in [-0.4, -0.2) is 78.3 Å². The van der Waals surface area contributed by atoms with Gasteiger partial charge in [0.05, 0.1) is 4.91 Å². The van der Waals surface area contributed by atoms with Gasteiger partial charge in [-0.05, 0) is 62.0 Å². The molecular weight excluding hydrogens is 504 g/mol. The number of thioether (sulfide) groups is 1. The average Bonchev–Trinajstić information content (AvgIpc) is 3.16. The molecule has 2 heterocycles. The lowest BCUT2D eigenvalue weighted by Gasteiger charge is -2.28. The maximum absolute atomic E-state index is 13.9. The van der Waals surface area contributed by atoms with E-state index < -0.39 is 17.8 Å². The molecule has 1 saturated heterocycles. The Labute approximate surface area is 216 Å². The largest absolute Gasteiger partial charge is 0.415 e. The molecule has 34 heavy (non-hydrogen) atoms. The second-order valence-electron chi connectivity index (χ2n) is 7.58. The van der Waals surface area contributed by atoms with Gasteiger partial charge in [-0.2, -0.15) is 4.99 Å². The van der Waals surface area contributed by atoms with Gasteiger partial charge in [-0.25, -0.2) is 14.6 Å². The number of nitrogens with one attached hydrogen (secondary N) is 1. The van der Waals surface area contributed by atoms with Gasteiger partial charge in [-0.1, -0.05) is 13.8 Å². The van der Waals surface area contributed by atoms with Crippen molar-refractivity contribution in [3.63, 3.8) is 0 Å². The first-order valence-electron chi connectivity index (χ1n) is 10.9. The third kappa shape index (κ3) is 8.13. The third-order valence-electron chi connectivity index (χ3n) is 5.36. The van der Waals surface area contributed by atoms with E-state index in [0.717, 1.165) is 45.6 Å². The number of rotatable bonds is 7. The summed E-state index contributed by atoms with van der Waals surface area (Å²) in [4.78, 5) is 33.1. The van der Waals surface area contributed by atoms with Crippen molar-refractivity contribution in [3.05, 3.63) is 34.5 Å². The van der Waals surface area contributed by atoms with Gasteiger partial charge in [0, 0.05) is 38.8 Å². The predicted molar refractivity (Wildman–Crippen MR) is 139 cm³/mol. The van der Waals surface area contributed by atoms with E-state index in [-0.39, 0.29) is 30.6 Å². The van der Waals surface area contributed by atoms with Crippen LogP contribution in [0.2, 0.25) is 0 Å². The average molecular weight is 537 g/mol. The van der Waals surface area contributed by atoms with E-state index in [1.54, 1.807) is 7.05 Å². The Morgan fingerprint density at radius 1 is 1.26 bits per heavy atom. The Kier molecular flexibility index (Phi) is 12.9. The van der Waals surface area contributed by atoms with Crippen molar-refractivity contribution in [2.75, 3.05) is 46.3 Å². The predicted octanol–water partition coefficient (Wildman–Crippen LogP) is 4.01. The number of amidine groups is 1. The zero-order valence-electron chi connectivity index (χ0n) is 19.6. The number of ether oxygens (including phenoxy) is 1. The minimum absolute atomic E-state index is 0. The molecule has 12 heteroatoms. The molecule has 3 rings (SSSR count). The van der Waals surface area contributed by atoms with E-state index >= 15 is 0 Å². The maximum Gasteiger partial charge on any atom is 0.415 e. The number of hydrogen-bond donors (Lipinski definition) is 1. The molecule has 1 fully saturated rings. The first-order chi connectivity index (χ1) is 15.4. The second kappa shape index (κ2) is 14.5. The van der Waals surface area contributed by atoms with Crippen molar-refractivity contribution in [3.8, 4) is 5.75 Å². The maximum atomic E-state index is 13.9. The summed E-state index contributed by atoms with van der Waals surface area (Å²) < 4.78 is 19.5. The van der Waals surface area contributed by atoms with Gasteiger partial charge in [-0.15, -0.1) is 24.8 Å². The minimum atomic E-state index is -0.539. The lowest BCUT2D eigenvalue weighted by molar-refractivity contribution is -0.113. The van der Waals surface area contributed by atoms with E-state index in [1.165, 1.54) is 40.9 Å². The van der Waals surface area contributed by atoms with Crippen LogP contribution < -0.4 is 10.2 Å². The summed E-state index contributed by atoms with van der Waals surface area (Å²) in [6, 6.07) is 3.87. The molecule has 0 atom stereocenters. The number of nitrogens with zero attached hydrogens (tertiary/aromatic N) is 4. The van der Waals surface area contributed by atoms with Crippen LogP contribution in [0.1, 0.15) is 32.3 Å². The van der Waals surface area contributed by atoms with E-state index in [0.29, 0.717) is 22.2 Å². The van der Waals surface area contributed by atoms with Gasteiger partial charge < -0.3 is 14.5 Å². The fourth-order valence-corrected chi connectivity index (χ4v) is 4.24. The molecule has 0 aliphatic carbocycles. The fourth-order valence-electron chi connectivity index (χ4n) is 3.33. The number of hydrogen-bond acceptors (Lipinski definition) is 7. The molecule has 0 saturated carbocycles. The molecule has 1 aromatic carbocycles. The Morgan fingerprint density at radius 2 is 2.00 bits per heavy atom. The third-order valence-corrected chi connectivity index (χ3v) is 6.37.